The van der Waals surface area contributed by atoms with Gasteiger partial charge in [0, 0.05) is 32.8 Å². The van der Waals surface area contributed by atoms with Crippen molar-refractivity contribution in [3.8, 4) is 5.75 Å². The number of hydrogen-bond acceptors (Lipinski definition) is 8. The Bertz CT molecular complexity index is 1410. The molecule has 0 bridgehead atoms. The summed E-state index contributed by atoms with van der Waals surface area (Å²) in [7, 11) is 1.46. The number of rotatable bonds is 13. The first kappa shape index (κ1) is 32.9. The molecule has 0 fully saturated rings. The van der Waals surface area contributed by atoms with Crippen molar-refractivity contribution in [1.29, 1.82) is 0 Å². The lowest BCUT2D eigenvalue weighted by atomic mass is 10.2. The minimum atomic E-state index is -0.695. The van der Waals surface area contributed by atoms with Gasteiger partial charge in [-0.05, 0) is 44.0 Å². The highest BCUT2D eigenvalue weighted by atomic mass is 35.5. The second-order valence-corrected chi connectivity index (χ2v) is 11.0. The maximum Gasteiger partial charge on any atom is 0.407 e. The molecule has 42 heavy (non-hydrogen) atoms. The first-order valence-corrected chi connectivity index (χ1v) is 13.8. The van der Waals surface area contributed by atoms with Crippen molar-refractivity contribution in [1.82, 2.24) is 10.2 Å². The summed E-state index contributed by atoms with van der Waals surface area (Å²) < 4.78 is 27.2. The van der Waals surface area contributed by atoms with Crippen LogP contribution in [-0.2, 0) is 34.0 Å². The second-order valence-electron chi connectivity index (χ2n) is 10.2. The van der Waals surface area contributed by atoms with E-state index in [4.69, 9.17) is 46.6 Å². The summed E-state index contributed by atoms with van der Waals surface area (Å²) in [6.07, 6.45) is -0.639. The number of alkyl carbamates (subject to hydrolysis) is 1. The second kappa shape index (κ2) is 15.6. The van der Waals surface area contributed by atoms with Crippen LogP contribution in [0.3, 0.4) is 0 Å². The molecule has 0 radical (unpaired) electrons. The summed E-state index contributed by atoms with van der Waals surface area (Å²) in [5.74, 6) is -1.11. The standard InChI is InChI=1S/C30H34Cl2N2O8/c1-30(2,3)42-29(37)33-12-13-34(16-21-10-11-23(31)24(32)14-21)28(36)27-26(40-17-20-8-6-5-7-9-20)25(35)15-22(41-27)18-39-19-38-4/h5-11,14-15H,12-13,16-19H2,1-4H3,(H,33,37). The maximum absolute atomic E-state index is 14.0. The number of halogens is 2. The summed E-state index contributed by atoms with van der Waals surface area (Å²) in [4.78, 5) is 40.8. The van der Waals surface area contributed by atoms with Crippen molar-refractivity contribution >= 4 is 35.2 Å². The zero-order chi connectivity index (χ0) is 30.7. The molecular formula is C30H34Cl2N2O8. The molecule has 1 aromatic heterocycles. The summed E-state index contributed by atoms with van der Waals surface area (Å²) in [6, 6.07) is 15.3. The zero-order valence-corrected chi connectivity index (χ0v) is 25.4. The largest absolute Gasteiger partial charge is 0.481 e. The molecule has 0 aliphatic rings. The normalized spacial score (nSPS) is 11.2. The number of carbonyl (C=O) groups excluding carboxylic acids is 2. The van der Waals surface area contributed by atoms with E-state index in [-0.39, 0.29) is 56.9 Å². The minimum Gasteiger partial charge on any atom is -0.481 e. The number of amides is 2. The highest BCUT2D eigenvalue weighted by Crippen LogP contribution is 2.25. The molecule has 2 aromatic carbocycles. The Labute approximate surface area is 254 Å². The van der Waals surface area contributed by atoms with Gasteiger partial charge in [-0.1, -0.05) is 59.6 Å². The molecule has 0 aliphatic carbocycles. The molecule has 3 aromatic rings. The van der Waals surface area contributed by atoms with Crippen molar-refractivity contribution in [3.63, 3.8) is 0 Å². The summed E-state index contributed by atoms with van der Waals surface area (Å²) >= 11 is 12.3. The number of ether oxygens (including phenoxy) is 4. The van der Waals surface area contributed by atoms with Crippen LogP contribution in [0, 0.1) is 0 Å². The molecule has 2 amide bonds. The highest BCUT2D eigenvalue weighted by molar-refractivity contribution is 6.42. The van der Waals surface area contributed by atoms with E-state index >= 15 is 0 Å². The summed E-state index contributed by atoms with van der Waals surface area (Å²) in [6.45, 7) is 5.23. The van der Waals surface area contributed by atoms with Gasteiger partial charge >= 0.3 is 6.09 Å². The van der Waals surface area contributed by atoms with Crippen LogP contribution < -0.4 is 15.5 Å². The predicted molar refractivity (Wildman–Crippen MR) is 158 cm³/mol. The van der Waals surface area contributed by atoms with Gasteiger partial charge in [0.05, 0.1) is 10.0 Å². The highest BCUT2D eigenvalue weighted by Gasteiger charge is 2.27. The Hall–Kier alpha value is -3.57. The van der Waals surface area contributed by atoms with Crippen LogP contribution in [0.1, 0.15) is 48.2 Å². The third kappa shape index (κ3) is 10.4. The van der Waals surface area contributed by atoms with Gasteiger partial charge in [-0.15, -0.1) is 0 Å². The van der Waals surface area contributed by atoms with Crippen LogP contribution in [0.2, 0.25) is 10.0 Å². The summed E-state index contributed by atoms with van der Waals surface area (Å²) in [5, 5.41) is 3.31. The smallest absolute Gasteiger partial charge is 0.407 e. The van der Waals surface area contributed by atoms with Crippen LogP contribution in [-0.4, -0.2) is 49.5 Å². The molecule has 3 rings (SSSR count). The van der Waals surface area contributed by atoms with Crippen molar-refractivity contribution in [2.75, 3.05) is 27.0 Å². The van der Waals surface area contributed by atoms with Gasteiger partial charge < -0.3 is 33.6 Å². The minimum absolute atomic E-state index is 0.0262. The molecule has 10 nitrogen and oxygen atoms in total. The quantitative estimate of drug-likeness (QED) is 0.188. The van der Waals surface area contributed by atoms with Crippen molar-refractivity contribution in [3.05, 3.63) is 97.5 Å². The molecule has 0 saturated carbocycles. The molecule has 0 aliphatic heterocycles. The van der Waals surface area contributed by atoms with Crippen molar-refractivity contribution < 1.29 is 33.0 Å². The van der Waals surface area contributed by atoms with Gasteiger partial charge in [0.15, 0.2) is 0 Å². The number of carbonyl (C=O) groups is 2. The first-order valence-electron chi connectivity index (χ1n) is 13.1. The van der Waals surface area contributed by atoms with Crippen LogP contribution in [0.5, 0.6) is 5.75 Å². The molecular weight excluding hydrogens is 587 g/mol. The van der Waals surface area contributed by atoms with Gasteiger partial charge in [-0.3, -0.25) is 9.59 Å². The first-order chi connectivity index (χ1) is 20.0. The third-order valence-corrected chi connectivity index (χ3v) is 6.25. The van der Waals surface area contributed by atoms with Gasteiger partial charge in [0.2, 0.25) is 16.9 Å². The van der Waals surface area contributed by atoms with E-state index in [1.807, 2.05) is 30.3 Å². The monoisotopic (exact) mass is 620 g/mol. The Balaban J connectivity index is 1.94. The maximum atomic E-state index is 14.0. The van der Waals surface area contributed by atoms with Crippen LogP contribution in [0.25, 0.3) is 0 Å². The zero-order valence-electron chi connectivity index (χ0n) is 23.9. The van der Waals surface area contributed by atoms with Crippen LogP contribution in [0.4, 0.5) is 4.79 Å². The topological polar surface area (TPSA) is 117 Å². The molecule has 0 spiro atoms. The third-order valence-electron chi connectivity index (χ3n) is 5.52. The van der Waals surface area contributed by atoms with Gasteiger partial charge in [-0.2, -0.15) is 0 Å². The van der Waals surface area contributed by atoms with Crippen LogP contribution >= 0.6 is 23.2 Å². The molecule has 1 N–H and O–H groups in total. The average molecular weight is 622 g/mol. The number of benzene rings is 2. The fourth-order valence-electron chi connectivity index (χ4n) is 3.70. The lowest BCUT2D eigenvalue weighted by Gasteiger charge is -2.24. The molecule has 0 atom stereocenters. The number of nitrogens with zero attached hydrogens (tertiary/aromatic N) is 1. The van der Waals surface area contributed by atoms with E-state index < -0.39 is 23.0 Å². The van der Waals surface area contributed by atoms with E-state index in [2.05, 4.69) is 5.32 Å². The Kier molecular flexibility index (Phi) is 12.2. The fraction of sp³-hybridized carbons (Fsp3) is 0.367. The number of methoxy groups -OCH3 is 1. The van der Waals surface area contributed by atoms with E-state index in [1.165, 1.54) is 18.1 Å². The van der Waals surface area contributed by atoms with E-state index in [1.54, 1.807) is 39.0 Å². The number of hydrogen-bond donors (Lipinski definition) is 1. The Morgan fingerprint density at radius 1 is 0.976 bits per heavy atom. The van der Waals surface area contributed by atoms with Gasteiger partial charge in [0.25, 0.3) is 5.91 Å². The molecule has 0 saturated heterocycles. The lowest BCUT2D eigenvalue weighted by molar-refractivity contribution is -0.0447. The molecule has 1 heterocycles. The predicted octanol–water partition coefficient (Wildman–Crippen LogP) is 5.81. The average Bonchev–Trinajstić information content (AvgIpc) is 2.93. The van der Waals surface area contributed by atoms with E-state index in [0.29, 0.717) is 15.6 Å². The van der Waals surface area contributed by atoms with Gasteiger partial charge in [-0.25, -0.2) is 4.79 Å². The number of nitrogens with one attached hydrogen (secondary N) is 1. The van der Waals surface area contributed by atoms with Crippen LogP contribution in [0.15, 0.2) is 63.8 Å². The molecule has 226 valence electrons. The lowest BCUT2D eigenvalue weighted by Crippen LogP contribution is -2.40. The van der Waals surface area contributed by atoms with Crippen molar-refractivity contribution in [2.45, 2.75) is 46.1 Å². The Morgan fingerprint density at radius 2 is 1.71 bits per heavy atom. The van der Waals surface area contributed by atoms with E-state index in [9.17, 15) is 14.4 Å². The molecule has 0 unspecified atom stereocenters. The molecule has 12 heteroatoms. The van der Waals surface area contributed by atoms with Gasteiger partial charge in [0.1, 0.15) is 31.4 Å². The Morgan fingerprint density at radius 3 is 2.38 bits per heavy atom. The summed E-state index contributed by atoms with van der Waals surface area (Å²) in [5.41, 5.74) is 0.193. The SMILES string of the molecule is COCOCc1cc(=O)c(OCc2ccccc2)c(C(=O)N(CCNC(=O)OC(C)(C)C)Cc2ccc(Cl)c(Cl)c2)o1. The fourth-order valence-corrected chi connectivity index (χ4v) is 4.02. The van der Waals surface area contributed by atoms with E-state index in [0.717, 1.165) is 5.56 Å². The van der Waals surface area contributed by atoms with Crippen molar-refractivity contribution in [2.24, 2.45) is 0 Å².